The van der Waals surface area contributed by atoms with Crippen LogP contribution in [0.1, 0.15) is 30.6 Å². The van der Waals surface area contributed by atoms with Crippen LogP contribution in [0, 0.1) is 5.92 Å². The van der Waals surface area contributed by atoms with Crippen LogP contribution >= 0.6 is 0 Å². The highest BCUT2D eigenvalue weighted by molar-refractivity contribution is 5.97. The van der Waals surface area contributed by atoms with E-state index in [1.165, 1.54) is 18.2 Å². The zero-order valence-electron chi connectivity index (χ0n) is 11.6. The summed E-state index contributed by atoms with van der Waals surface area (Å²) in [6.07, 6.45) is 0.626. The van der Waals surface area contributed by atoms with E-state index in [0.717, 1.165) is 0 Å². The maximum Gasteiger partial charge on any atom is 0.387 e. The van der Waals surface area contributed by atoms with E-state index in [4.69, 9.17) is 5.73 Å². The Labute approximate surface area is 117 Å². The van der Waals surface area contributed by atoms with Crippen molar-refractivity contribution in [2.24, 2.45) is 11.7 Å². The van der Waals surface area contributed by atoms with E-state index in [0.29, 0.717) is 13.0 Å². The highest BCUT2D eigenvalue weighted by Gasteiger charge is 2.20. The molecular weight excluding hydrogens is 266 g/mol. The Hall–Kier alpha value is -1.69. The molecular formula is C14H20F2N2O2. The van der Waals surface area contributed by atoms with Crippen LogP contribution in [0.5, 0.6) is 5.75 Å². The number of alkyl halides is 2. The Bertz CT molecular complexity index is 439. The van der Waals surface area contributed by atoms with Gasteiger partial charge in [-0.15, -0.1) is 0 Å². The topological polar surface area (TPSA) is 64.3 Å². The van der Waals surface area contributed by atoms with Crippen molar-refractivity contribution in [3.8, 4) is 5.75 Å². The fourth-order valence-corrected chi connectivity index (χ4v) is 1.85. The number of amides is 1. The smallest absolute Gasteiger partial charge is 0.387 e. The molecule has 0 bridgehead atoms. The number of halogens is 2. The zero-order valence-corrected chi connectivity index (χ0v) is 11.6. The quantitative estimate of drug-likeness (QED) is 0.809. The largest absolute Gasteiger partial charge is 0.434 e. The van der Waals surface area contributed by atoms with Crippen LogP contribution in [0.2, 0.25) is 0 Å². The van der Waals surface area contributed by atoms with Gasteiger partial charge in [0.05, 0.1) is 5.56 Å². The summed E-state index contributed by atoms with van der Waals surface area (Å²) in [6.45, 7) is 1.40. The lowest BCUT2D eigenvalue weighted by atomic mass is 10.0. The van der Waals surface area contributed by atoms with Crippen LogP contribution in [0.3, 0.4) is 0 Å². The first kappa shape index (κ1) is 16.4. The predicted molar refractivity (Wildman–Crippen MR) is 72.8 cm³/mol. The van der Waals surface area contributed by atoms with Gasteiger partial charge in [-0.25, -0.2) is 0 Å². The summed E-state index contributed by atoms with van der Waals surface area (Å²) in [5.41, 5.74) is 5.60. The van der Waals surface area contributed by atoms with Crippen molar-refractivity contribution in [1.29, 1.82) is 0 Å². The van der Waals surface area contributed by atoms with E-state index < -0.39 is 12.5 Å². The van der Waals surface area contributed by atoms with Crippen molar-refractivity contribution >= 4 is 5.91 Å². The number of rotatable bonds is 7. The summed E-state index contributed by atoms with van der Waals surface area (Å²) < 4.78 is 29.0. The van der Waals surface area contributed by atoms with Crippen LogP contribution in [0.25, 0.3) is 0 Å². The molecule has 0 aliphatic heterocycles. The summed E-state index contributed by atoms with van der Waals surface area (Å²) in [4.78, 5) is 12.2. The molecule has 0 aromatic heterocycles. The highest BCUT2D eigenvalue weighted by atomic mass is 19.3. The van der Waals surface area contributed by atoms with Gasteiger partial charge in [0.15, 0.2) is 0 Å². The van der Waals surface area contributed by atoms with Gasteiger partial charge < -0.3 is 15.8 Å². The average molecular weight is 286 g/mol. The van der Waals surface area contributed by atoms with Crippen LogP contribution in [-0.2, 0) is 0 Å². The molecule has 0 saturated carbocycles. The van der Waals surface area contributed by atoms with Gasteiger partial charge in [-0.2, -0.15) is 8.78 Å². The molecule has 20 heavy (non-hydrogen) atoms. The maximum absolute atomic E-state index is 12.3. The van der Waals surface area contributed by atoms with Gasteiger partial charge in [0.25, 0.3) is 5.91 Å². The van der Waals surface area contributed by atoms with E-state index in [2.05, 4.69) is 10.1 Å². The first-order chi connectivity index (χ1) is 9.45. The van der Waals surface area contributed by atoms with Gasteiger partial charge in [0.2, 0.25) is 0 Å². The average Bonchev–Trinajstić information content (AvgIpc) is 2.37. The summed E-state index contributed by atoms with van der Waals surface area (Å²) in [5, 5.41) is 2.80. The predicted octanol–water partition coefficient (Wildman–Crippen LogP) is 2.39. The number of hydrogen-bond acceptors (Lipinski definition) is 3. The molecule has 1 aromatic carbocycles. The second-order valence-corrected chi connectivity index (χ2v) is 4.78. The molecule has 1 unspecified atom stereocenters. The SMILES string of the molecule is CC(C)C(CCN)NC(=O)c1ccccc1OC(F)F. The second-order valence-electron chi connectivity index (χ2n) is 4.78. The minimum atomic E-state index is -2.96. The second kappa shape index (κ2) is 7.79. The molecule has 1 atom stereocenters. The van der Waals surface area contributed by atoms with Crippen molar-refractivity contribution < 1.29 is 18.3 Å². The fraction of sp³-hybridized carbons (Fsp3) is 0.500. The van der Waals surface area contributed by atoms with Gasteiger partial charge in [0.1, 0.15) is 5.75 Å². The lowest BCUT2D eigenvalue weighted by molar-refractivity contribution is -0.0501. The molecule has 0 radical (unpaired) electrons. The van der Waals surface area contributed by atoms with Crippen molar-refractivity contribution in [2.75, 3.05) is 6.54 Å². The van der Waals surface area contributed by atoms with Crippen molar-refractivity contribution in [2.45, 2.75) is 32.9 Å². The third kappa shape index (κ3) is 4.77. The van der Waals surface area contributed by atoms with Crippen LogP contribution in [0.15, 0.2) is 24.3 Å². The van der Waals surface area contributed by atoms with Crippen molar-refractivity contribution in [3.63, 3.8) is 0 Å². The molecule has 1 aromatic rings. The van der Waals surface area contributed by atoms with Crippen molar-refractivity contribution in [1.82, 2.24) is 5.32 Å². The molecule has 0 spiro atoms. The number of nitrogens with two attached hydrogens (primary N) is 1. The number of nitrogens with one attached hydrogen (secondary N) is 1. The van der Waals surface area contributed by atoms with E-state index in [-0.39, 0.29) is 23.3 Å². The van der Waals surface area contributed by atoms with Crippen LogP contribution < -0.4 is 15.8 Å². The number of ether oxygens (including phenoxy) is 1. The molecule has 0 heterocycles. The van der Waals surface area contributed by atoms with Gasteiger partial charge in [-0.3, -0.25) is 4.79 Å². The van der Waals surface area contributed by atoms with E-state index >= 15 is 0 Å². The first-order valence-corrected chi connectivity index (χ1v) is 6.50. The minimum absolute atomic E-state index is 0.0930. The molecule has 3 N–H and O–H groups in total. The van der Waals surface area contributed by atoms with Gasteiger partial charge >= 0.3 is 6.61 Å². The Morgan fingerprint density at radius 1 is 1.35 bits per heavy atom. The number of hydrogen-bond donors (Lipinski definition) is 2. The van der Waals surface area contributed by atoms with E-state index in [9.17, 15) is 13.6 Å². The normalized spacial score (nSPS) is 12.6. The molecule has 6 heteroatoms. The van der Waals surface area contributed by atoms with Gasteiger partial charge in [-0.1, -0.05) is 26.0 Å². The van der Waals surface area contributed by atoms with Gasteiger partial charge in [0, 0.05) is 6.04 Å². The van der Waals surface area contributed by atoms with Crippen molar-refractivity contribution in [3.05, 3.63) is 29.8 Å². The lowest BCUT2D eigenvalue weighted by Crippen LogP contribution is -2.40. The lowest BCUT2D eigenvalue weighted by Gasteiger charge is -2.22. The highest BCUT2D eigenvalue weighted by Crippen LogP contribution is 2.20. The molecule has 0 aliphatic carbocycles. The van der Waals surface area contributed by atoms with E-state index in [1.807, 2.05) is 13.8 Å². The monoisotopic (exact) mass is 286 g/mol. The third-order valence-electron chi connectivity index (χ3n) is 2.95. The summed E-state index contributed by atoms with van der Waals surface area (Å²) in [5.74, 6) is -0.366. The number of benzene rings is 1. The molecule has 1 rings (SSSR count). The third-order valence-corrected chi connectivity index (χ3v) is 2.95. The van der Waals surface area contributed by atoms with E-state index in [1.54, 1.807) is 6.07 Å². The number of para-hydroxylation sites is 1. The standard InChI is InChI=1S/C14H20F2N2O2/c1-9(2)11(7-8-17)18-13(19)10-5-3-4-6-12(10)20-14(15)16/h3-6,9,11,14H,7-8,17H2,1-2H3,(H,18,19). The number of carbonyl (C=O) groups excluding carboxylic acids is 1. The first-order valence-electron chi connectivity index (χ1n) is 6.50. The Kier molecular flexibility index (Phi) is 6.38. The summed E-state index contributed by atoms with van der Waals surface area (Å²) in [6, 6.07) is 5.82. The van der Waals surface area contributed by atoms with Crippen LogP contribution in [0.4, 0.5) is 8.78 Å². The summed E-state index contributed by atoms with van der Waals surface area (Å²) in [7, 11) is 0. The Morgan fingerprint density at radius 3 is 2.55 bits per heavy atom. The summed E-state index contributed by atoms with van der Waals surface area (Å²) >= 11 is 0. The minimum Gasteiger partial charge on any atom is -0.434 e. The molecule has 112 valence electrons. The molecule has 0 fully saturated rings. The molecule has 4 nitrogen and oxygen atoms in total. The fourth-order valence-electron chi connectivity index (χ4n) is 1.85. The maximum atomic E-state index is 12.3. The van der Waals surface area contributed by atoms with Crippen LogP contribution in [-0.4, -0.2) is 25.1 Å². The molecule has 0 saturated heterocycles. The Morgan fingerprint density at radius 2 is 2.00 bits per heavy atom. The number of carbonyl (C=O) groups is 1. The molecule has 1 amide bonds. The Balaban J connectivity index is 2.85. The zero-order chi connectivity index (χ0) is 15.1. The molecule has 0 aliphatic rings. The van der Waals surface area contributed by atoms with Gasteiger partial charge in [-0.05, 0) is 31.0 Å².